The molecule has 0 aliphatic carbocycles. The van der Waals surface area contributed by atoms with Crippen molar-refractivity contribution in [3.63, 3.8) is 0 Å². The number of nitrogens with zero attached hydrogens (tertiary/aromatic N) is 2. The van der Waals surface area contributed by atoms with Gasteiger partial charge >= 0.3 is 5.97 Å². The number of carbonyl (C=O) groups is 2. The average molecular weight is 406 g/mol. The van der Waals surface area contributed by atoms with Crippen LogP contribution < -0.4 is 9.47 Å². The van der Waals surface area contributed by atoms with Crippen molar-refractivity contribution < 1.29 is 23.8 Å². The fourth-order valence-corrected chi connectivity index (χ4v) is 3.03. The van der Waals surface area contributed by atoms with Crippen LogP contribution in [0.1, 0.15) is 21.5 Å². The quantitative estimate of drug-likeness (QED) is 0.328. The molecule has 3 rings (SSSR count). The summed E-state index contributed by atoms with van der Waals surface area (Å²) in [6, 6.07) is 13.9. The fourth-order valence-electron chi connectivity index (χ4n) is 3.03. The maximum absolute atomic E-state index is 12.6. The van der Waals surface area contributed by atoms with Gasteiger partial charge in [0.2, 0.25) is 0 Å². The molecule has 1 amide bonds. The van der Waals surface area contributed by atoms with Crippen molar-refractivity contribution in [3.8, 4) is 17.6 Å². The van der Waals surface area contributed by atoms with Crippen LogP contribution in [-0.4, -0.2) is 50.2 Å². The predicted molar refractivity (Wildman–Crippen MR) is 110 cm³/mol. The molecule has 2 aromatic rings. The van der Waals surface area contributed by atoms with Gasteiger partial charge in [0.25, 0.3) is 5.91 Å². The lowest BCUT2D eigenvalue weighted by Gasteiger charge is -2.26. The highest BCUT2D eigenvalue weighted by molar-refractivity contribution is 6.01. The third kappa shape index (κ3) is 5.04. The van der Waals surface area contributed by atoms with E-state index in [2.05, 4.69) is 0 Å². The zero-order chi connectivity index (χ0) is 21.5. The summed E-state index contributed by atoms with van der Waals surface area (Å²) in [7, 11) is 1.46. The van der Waals surface area contributed by atoms with Crippen molar-refractivity contribution in [1.29, 1.82) is 5.26 Å². The van der Waals surface area contributed by atoms with Crippen molar-refractivity contribution in [3.05, 3.63) is 64.7 Å². The summed E-state index contributed by atoms with van der Waals surface area (Å²) in [5.74, 6) is -0.268. The van der Waals surface area contributed by atoms with E-state index >= 15 is 0 Å². The van der Waals surface area contributed by atoms with Gasteiger partial charge in [-0.2, -0.15) is 5.26 Å². The van der Waals surface area contributed by atoms with Gasteiger partial charge in [0.05, 0.1) is 25.9 Å². The van der Waals surface area contributed by atoms with Gasteiger partial charge in [-0.15, -0.1) is 0 Å². The Kier molecular flexibility index (Phi) is 6.83. The van der Waals surface area contributed by atoms with E-state index in [1.165, 1.54) is 13.2 Å². The number of nitriles is 1. The predicted octanol–water partition coefficient (Wildman–Crippen LogP) is 2.99. The van der Waals surface area contributed by atoms with E-state index in [0.29, 0.717) is 43.2 Å². The molecule has 2 aromatic carbocycles. The van der Waals surface area contributed by atoms with E-state index in [1.807, 2.05) is 19.1 Å². The fraction of sp³-hybridized carbons (Fsp3) is 0.261. The van der Waals surface area contributed by atoms with Crippen LogP contribution in [0.5, 0.6) is 11.5 Å². The van der Waals surface area contributed by atoms with E-state index in [4.69, 9.17) is 14.2 Å². The molecule has 1 fully saturated rings. The summed E-state index contributed by atoms with van der Waals surface area (Å²) in [6.07, 6.45) is 1.49. The first kappa shape index (κ1) is 21.1. The summed E-state index contributed by atoms with van der Waals surface area (Å²) < 4.78 is 16.0. The molecule has 0 bridgehead atoms. The molecule has 154 valence electrons. The highest BCUT2D eigenvalue weighted by atomic mass is 16.6. The van der Waals surface area contributed by atoms with Gasteiger partial charge in [0, 0.05) is 13.1 Å². The smallest absolute Gasteiger partial charge is 0.343 e. The molecule has 0 spiro atoms. The van der Waals surface area contributed by atoms with Crippen LogP contribution >= 0.6 is 0 Å². The van der Waals surface area contributed by atoms with Crippen LogP contribution in [0.4, 0.5) is 0 Å². The maximum Gasteiger partial charge on any atom is 0.343 e. The number of morpholine rings is 1. The van der Waals surface area contributed by atoms with E-state index in [-0.39, 0.29) is 17.2 Å². The topological polar surface area (TPSA) is 88.9 Å². The SMILES string of the molecule is COc1cc(/C=C(\C#N)C(=O)N2CCOCC2)ccc1OC(=O)c1cccc(C)c1. The Bertz CT molecular complexity index is 1020. The van der Waals surface area contributed by atoms with Crippen LogP contribution in [0, 0.1) is 18.3 Å². The Balaban J connectivity index is 1.80. The number of esters is 1. The number of aryl methyl sites for hydroxylation is 1. The number of rotatable bonds is 5. The summed E-state index contributed by atoms with van der Waals surface area (Å²) in [6.45, 7) is 3.71. The molecule has 1 aliphatic heterocycles. The molecule has 1 heterocycles. The summed E-state index contributed by atoms with van der Waals surface area (Å²) >= 11 is 0. The number of hydrogen-bond donors (Lipinski definition) is 0. The molecule has 1 aliphatic rings. The van der Waals surface area contributed by atoms with Crippen molar-refractivity contribution in [2.75, 3.05) is 33.4 Å². The van der Waals surface area contributed by atoms with Gasteiger partial charge in [-0.3, -0.25) is 4.79 Å². The van der Waals surface area contributed by atoms with Gasteiger partial charge in [0.15, 0.2) is 11.5 Å². The second-order valence-corrected chi connectivity index (χ2v) is 6.74. The number of hydrogen-bond acceptors (Lipinski definition) is 6. The highest BCUT2D eigenvalue weighted by Crippen LogP contribution is 2.30. The lowest BCUT2D eigenvalue weighted by Crippen LogP contribution is -2.41. The third-order valence-corrected chi connectivity index (χ3v) is 4.60. The molecule has 0 saturated carbocycles. The van der Waals surface area contributed by atoms with E-state index in [0.717, 1.165) is 5.56 Å². The Morgan fingerprint density at radius 3 is 2.57 bits per heavy atom. The van der Waals surface area contributed by atoms with Gasteiger partial charge in [-0.1, -0.05) is 23.8 Å². The van der Waals surface area contributed by atoms with Crippen molar-refractivity contribution in [1.82, 2.24) is 4.90 Å². The van der Waals surface area contributed by atoms with Crippen molar-refractivity contribution in [2.45, 2.75) is 6.92 Å². The van der Waals surface area contributed by atoms with Crippen molar-refractivity contribution in [2.24, 2.45) is 0 Å². The molecule has 0 atom stereocenters. The molecule has 0 aromatic heterocycles. The van der Waals surface area contributed by atoms with Crippen LogP contribution in [0.2, 0.25) is 0 Å². The molecule has 1 saturated heterocycles. The van der Waals surface area contributed by atoms with Crippen LogP contribution in [-0.2, 0) is 9.53 Å². The maximum atomic E-state index is 12.6. The van der Waals surface area contributed by atoms with Gasteiger partial charge < -0.3 is 19.1 Å². The van der Waals surface area contributed by atoms with E-state index in [1.54, 1.807) is 41.3 Å². The molecule has 0 unspecified atom stereocenters. The number of carbonyl (C=O) groups excluding carboxylic acids is 2. The van der Waals surface area contributed by atoms with E-state index in [9.17, 15) is 14.9 Å². The Hall–Kier alpha value is -3.63. The largest absolute Gasteiger partial charge is 0.493 e. The second-order valence-electron chi connectivity index (χ2n) is 6.74. The Labute approximate surface area is 175 Å². The first-order valence-corrected chi connectivity index (χ1v) is 9.47. The minimum Gasteiger partial charge on any atom is -0.493 e. The minimum atomic E-state index is -0.500. The molecular formula is C23H22N2O5. The lowest BCUT2D eigenvalue weighted by atomic mass is 10.1. The first-order valence-electron chi connectivity index (χ1n) is 9.47. The molecular weight excluding hydrogens is 384 g/mol. The molecule has 0 N–H and O–H groups in total. The zero-order valence-corrected chi connectivity index (χ0v) is 16.9. The van der Waals surface area contributed by atoms with Crippen LogP contribution in [0.3, 0.4) is 0 Å². The standard InChI is InChI=1S/C23H22N2O5/c1-16-4-3-5-18(12-16)23(27)30-20-7-6-17(14-21(20)28-2)13-19(15-24)22(26)25-8-10-29-11-9-25/h3-7,12-14H,8-11H2,1-2H3/b19-13+. The average Bonchev–Trinajstić information content (AvgIpc) is 2.78. The second kappa shape index (κ2) is 9.72. The lowest BCUT2D eigenvalue weighted by molar-refractivity contribution is -0.130. The summed E-state index contributed by atoms with van der Waals surface area (Å²) in [5, 5.41) is 9.44. The molecule has 7 heteroatoms. The van der Waals surface area contributed by atoms with Crippen molar-refractivity contribution >= 4 is 18.0 Å². The summed E-state index contributed by atoms with van der Waals surface area (Å²) in [5.41, 5.74) is 1.98. The normalized spacial score (nSPS) is 14.0. The first-order chi connectivity index (χ1) is 14.5. The van der Waals surface area contributed by atoms with Gasteiger partial charge in [0.1, 0.15) is 11.6 Å². The summed E-state index contributed by atoms with van der Waals surface area (Å²) in [4.78, 5) is 26.6. The van der Waals surface area contributed by atoms with Gasteiger partial charge in [-0.25, -0.2) is 4.79 Å². The number of amides is 1. The monoisotopic (exact) mass is 406 g/mol. The Morgan fingerprint density at radius 1 is 1.13 bits per heavy atom. The van der Waals surface area contributed by atoms with Crippen LogP contribution in [0.25, 0.3) is 6.08 Å². The van der Waals surface area contributed by atoms with Gasteiger partial charge in [-0.05, 0) is 42.8 Å². The minimum absolute atomic E-state index is 0.0171. The highest BCUT2D eigenvalue weighted by Gasteiger charge is 2.21. The number of ether oxygens (including phenoxy) is 3. The molecule has 30 heavy (non-hydrogen) atoms. The molecule has 7 nitrogen and oxygen atoms in total. The van der Waals surface area contributed by atoms with Crippen LogP contribution in [0.15, 0.2) is 48.0 Å². The zero-order valence-electron chi connectivity index (χ0n) is 16.9. The van der Waals surface area contributed by atoms with E-state index < -0.39 is 5.97 Å². The number of benzene rings is 2. The Morgan fingerprint density at radius 2 is 1.90 bits per heavy atom. The number of methoxy groups -OCH3 is 1. The molecule has 0 radical (unpaired) electrons. The third-order valence-electron chi connectivity index (χ3n) is 4.60.